The van der Waals surface area contributed by atoms with Crippen LogP contribution in [-0.4, -0.2) is 19.7 Å². The molecule has 1 aliphatic rings. The predicted molar refractivity (Wildman–Crippen MR) is 95.2 cm³/mol. The fourth-order valence-electron chi connectivity index (χ4n) is 3.42. The van der Waals surface area contributed by atoms with Crippen molar-refractivity contribution in [2.45, 2.75) is 19.4 Å². The van der Waals surface area contributed by atoms with Gasteiger partial charge in [-0.3, -0.25) is 5.10 Å². The Kier molecular flexibility index (Phi) is 2.85. The lowest BCUT2D eigenvalue weighted by molar-refractivity contribution is 0.664. The Hall–Kier alpha value is -2.14. The normalized spacial score (nSPS) is 14.8. The number of nitrogens with one attached hydrogen (secondary N) is 1. The summed E-state index contributed by atoms with van der Waals surface area (Å²) in [7, 11) is 0. The van der Waals surface area contributed by atoms with Crippen LogP contribution >= 0.6 is 15.9 Å². The number of benzene rings is 2. The molecule has 2 aromatic carbocycles. The van der Waals surface area contributed by atoms with Crippen LogP contribution in [0.25, 0.3) is 33.2 Å². The van der Waals surface area contributed by atoms with Crippen molar-refractivity contribution >= 4 is 37.7 Å². The number of rotatable bonds is 3. The van der Waals surface area contributed by atoms with Crippen molar-refractivity contribution in [2.75, 3.05) is 0 Å². The summed E-state index contributed by atoms with van der Waals surface area (Å²) in [5, 5.41) is 9.61. The highest BCUT2D eigenvalue weighted by molar-refractivity contribution is 9.10. The van der Waals surface area contributed by atoms with Crippen LogP contribution in [0.5, 0.6) is 0 Å². The molecule has 4 nitrogen and oxygen atoms in total. The summed E-state index contributed by atoms with van der Waals surface area (Å²) in [5.41, 5.74) is 3.65. The van der Waals surface area contributed by atoms with Gasteiger partial charge in [0.2, 0.25) is 0 Å². The number of halogens is 1. The highest BCUT2D eigenvalue weighted by atomic mass is 79.9. The minimum absolute atomic E-state index is 0.806. The molecule has 114 valence electrons. The first-order valence-electron chi connectivity index (χ1n) is 7.87. The average Bonchev–Trinajstić information content (AvgIpc) is 3.11. The molecular formula is C18H15BrN4. The highest BCUT2D eigenvalue weighted by Crippen LogP contribution is 2.40. The number of H-pyrrole nitrogens is 1. The Bertz CT molecular complexity index is 1010. The third-order valence-corrected chi connectivity index (χ3v) is 5.10. The van der Waals surface area contributed by atoms with Gasteiger partial charge in [-0.15, -0.1) is 0 Å². The van der Waals surface area contributed by atoms with Gasteiger partial charge in [0, 0.05) is 32.9 Å². The molecule has 0 unspecified atom stereocenters. The monoisotopic (exact) mass is 366 g/mol. The summed E-state index contributed by atoms with van der Waals surface area (Å²) in [6.07, 6.45) is 4.24. The molecule has 0 amide bonds. The zero-order valence-corrected chi connectivity index (χ0v) is 14.0. The van der Waals surface area contributed by atoms with Crippen molar-refractivity contribution < 1.29 is 0 Å². The largest absolute Gasteiger partial charge is 0.340 e. The predicted octanol–water partition coefficient (Wildman–Crippen LogP) is 4.75. The average molecular weight is 367 g/mol. The fraction of sp³-hybridized carbons (Fsp3) is 0.222. The van der Waals surface area contributed by atoms with Crippen molar-refractivity contribution in [1.82, 2.24) is 19.7 Å². The number of para-hydroxylation sites is 1. The van der Waals surface area contributed by atoms with E-state index in [0.29, 0.717) is 0 Å². The second-order valence-corrected chi connectivity index (χ2v) is 7.17. The van der Waals surface area contributed by atoms with E-state index in [-0.39, 0.29) is 0 Å². The van der Waals surface area contributed by atoms with E-state index in [9.17, 15) is 0 Å². The first-order valence-corrected chi connectivity index (χ1v) is 8.67. The molecular weight excluding hydrogens is 352 g/mol. The van der Waals surface area contributed by atoms with Crippen molar-refractivity contribution in [3.05, 3.63) is 47.2 Å². The highest BCUT2D eigenvalue weighted by Gasteiger charge is 2.25. The Morgan fingerprint density at radius 1 is 1.17 bits per heavy atom. The minimum atomic E-state index is 0.806. The van der Waals surface area contributed by atoms with E-state index in [1.807, 2.05) is 0 Å². The molecule has 0 atom stereocenters. The summed E-state index contributed by atoms with van der Waals surface area (Å²) < 4.78 is 3.53. The van der Waals surface area contributed by atoms with Crippen LogP contribution in [0.4, 0.5) is 0 Å². The van der Waals surface area contributed by atoms with Crippen LogP contribution in [0.2, 0.25) is 0 Å². The molecule has 4 aromatic rings. The maximum atomic E-state index is 4.38. The fourth-order valence-corrected chi connectivity index (χ4v) is 3.87. The maximum absolute atomic E-state index is 4.38. The van der Waals surface area contributed by atoms with Crippen molar-refractivity contribution in [3.63, 3.8) is 0 Å². The molecule has 1 aliphatic carbocycles. The van der Waals surface area contributed by atoms with Crippen LogP contribution < -0.4 is 0 Å². The summed E-state index contributed by atoms with van der Waals surface area (Å²) in [5.74, 6) is 1.62. The quantitative estimate of drug-likeness (QED) is 0.568. The van der Waals surface area contributed by atoms with E-state index in [1.165, 1.54) is 34.6 Å². The number of hydrogen-bond donors (Lipinski definition) is 1. The van der Waals surface area contributed by atoms with Crippen LogP contribution in [0.1, 0.15) is 12.8 Å². The van der Waals surface area contributed by atoms with E-state index in [4.69, 9.17) is 0 Å². The van der Waals surface area contributed by atoms with Gasteiger partial charge < -0.3 is 4.57 Å². The molecule has 0 radical (unpaired) electrons. The molecule has 1 fully saturated rings. The smallest absolute Gasteiger partial charge is 0.157 e. The first-order chi connectivity index (χ1) is 11.3. The molecule has 5 heteroatoms. The van der Waals surface area contributed by atoms with Gasteiger partial charge in [-0.05, 0) is 37.0 Å². The van der Waals surface area contributed by atoms with Crippen molar-refractivity contribution in [1.29, 1.82) is 0 Å². The molecule has 1 N–H and O–H groups in total. The Labute approximate surface area is 141 Å². The molecule has 2 heterocycles. The van der Waals surface area contributed by atoms with Gasteiger partial charge in [-0.25, -0.2) is 4.98 Å². The van der Waals surface area contributed by atoms with Gasteiger partial charge >= 0.3 is 0 Å². The van der Waals surface area contributed by atoms with Crippen LogP contribution in [-0.2, 0) is 6.54 Å². The summed E-state index contributed by atoms with van der Waals surface area (Å²) in [6, 6.07) is 13.0. The number of nitrogens with zero attached hydrogens (tertiary/aromatic N) is 3. The first kappa shape index (κ1) is 13.3. The molecule has 0 saturated heterocycles. The van der Waals surface area contributed by atoms with E-state index in [0.717, 1.165) is 28.3 Å². The SMILES string of the molecule is Brc1cc(-c2ncn[nH]2)c2c(c1)c1ccccc1n2CC1CC1. The Balaban J connectivity index is 1.93. The number of hydrogen-bond acceptors (Lipinski definition) is 2. The molecule has 0 spiro atoms. The lowest BCUT2D eigenvalue weighted by Gasteiger charge is -2.09. The third kappa shape index (κ3) is 2.10. The molecule has 1 saturated carbocycles. The zero-order chi connectivity index (χ0) is 15.4. The second-order valence-electron chi connectivity index (χ2n) is 6.25. The topological polar surface area (TPSA) is 46.5 Å². The molecule has 0 bridgehead atoms. The van der Waals surface area contributed by atoms with E-state index in [1.54, 1.807) is 6.33 Å². The van der Waals surface area contributed by atoms with Crippen LogP contribution in [0.3, 0.4) is 0 Å². The number of fused-ring (bicyclic) bond motifs is 3. The van der Waals surface area contributed by atoms with Gasteiger partial charge in [0.15, 0.2) is 5.82 Å². The van der Waals surface area contributed by atoms with E-state index < -0.39 is 0 Å². The minimum Gasteiger partial charge on any atom is -0.340 e. The van der Waals surface area contributed by atoms with Gasteiger partial charge in [0.25, 0.3) is 0 Å². The van der Waals surface area contributed by atoms with Gasteiger partial charge in [0.1, 0.15) is 6.33 Å². The summed E-state index contributed by atoms with van der Waals surface area (Å²) >= 11 is 3.66. The Morgan fingerprint density at radius 3 is 2.83 bits per heavy atom. The lowest BCUT2D eigenvalue weighted by Crippen LogP contribution is -2.00. The standard InChI is InChI=1S/C18H15BrN4/c19-12-7-14-13-3-1-2-4-16(13)23(9-11-5-6-11)17(14)15(8-12)18-20-10-21-22-18/h1-4,7-8,10-11H,5-6,9H2,(H,20,21,22). The van der Waals surface area contributed by atoms with Gasteiger partial charge in [-0.2, -0.15) is 5.10 Å². The summed E-state index contributed by atoms with van der Waals surface area (Å²) in [6.45, 7) is 1.08. The van der Waals surface area contributed by atoms with Gasteiger partial charge in [-0.1, -0.05) is 34.1 Å². The number of aromatic amines is 1. The van der Waals surface area contributed by atoms with E-state index >= 15 is 0 Å². The molecule has 23 heavy (non-hydrogen) atoms. The lowest BCUT2D eigenvalue weighted by atomic mass is 10.1. The molecule has 5 rings (SSSR count). The molecule has 0 aliphatic heterocycles. The third-order valence-electron chi connectivity index (χ3n) is 4.64. The molecule has 2 aromatic heterocycles. The number of aromatic nitrogens is 4. The van der Waals surface area contributed by atoms with Crippen molar-refractivity contribution in [2.24, 2.45) is 5.92 Å². The summed E-state index contributed by atoms with van der Waals surface area (Å²) in [4.78, 5) is 4.38. The van der Waals surface area contributed by atoms with Crippen molar-refractivity contribution in [3.8, 4) is 11.4 Å². The van der Waals surface area contributed by atoms with E-state index in [2.05, 4.69) is 72.1 Å². The van der Waals surface area contributed by atoms with Crippen LogP contribution in [0, 0.1) is 5.92 Å². The van der Waals surface area contributed by atoms with Crippen LogP contribution in [0.15, 0.2) is 47.2 Å². The Morgan fingerprint density at radius 2 is 2.04 bits per heavy atom. The van der Waals surface area contributed by atoms with Gasteiger partial charge in [0.05, 0.1) is 5.52 Å². The maximum Gasteiger partial charge on any atom is 0.157 e. The second kappa shape index (κ2) is 4.93. The zero-order valence-electron chi connectivity index (χ0n) is 12.5.